The fourth-order valence-corrected chi connectivity index (χ4v) is 3.59. The van der Waals surface area contributed by atoms with Crippen molar-refractivity contribution in [1.29, 1.82) is 0 Å². The second-order valence-corrected chi connectivity index (χ2v) is 7.56. The van der Waals surface area contributed by atoms with Crippen LogP contribution >= 0.6 is 0 Å². The van der Waals surface area contributed by atoms with Crippen LogP contribution < -0.4 is 9.47 Å². The van der Waals surface area contributed by atoms with Gasteiger partial charge in [-0.2, -0.15) is 8.78 Å². The van der Waals surface area contributed by atoms with Crippen molar-refractivity contribution in [2.45, 2.75) is 36.1 Å². The number of rotatable bonds is 3. The Morgan fingerprint density at radius 1 is 1.30 bits per heavy atom. The molecule has 128 valence electrons. The van der Waals surface area contributed by atoms with Gasteiger partial charge in [-0.05, 0) is 12.1 Å². The summed E-state index contributed by atoms with van der Waals surface area (Å²) in [6, 6.07) is 2.43. The fraction of sp³-hybridized carbons (Fsp3) is 0.571. The van der Waals surface area contributed by atoms with E-state index in [1.807, 2.05) is 0 Å². The molecule has 0 unspecified atom stereocenters. The van der Waals surface area contributed by atoms with Gasteiger partial charge in [0.15, 0.2) is 27.4 Å². The minimum atomic E-state index is -3.91. The van der Waals surface area contributed by atoms with Crippen LogP contribution in [0.2, 0.25) is 0 Å². The minimum Gasteiger partial charge on any atom is -0.486 e. The zero-order valence-electron chi connectivity index (χ0n) is 12.3. The van der Waals surface area contributed by atoms with E-state index in [0.29, 0.717) is 26.1 Å². The summed E-state index contributed by atoms with van der Waals surface area (Å²) in [6.07, 6.45) is -4.46. The van der Waals surface area contributed by atoms with Crippen molar-refractivity contribution in [2.24, 2.45) is 0 Å². The van der Waals surface area contributed by atoms with Crippen molar-refractivity contribution >= 4 is 9.84 Å². The first-order valence-corrected chi connectivity index (χ1v) is 8.95. The molecule has 1 aromatic rings. The lowest BCUT2D eigenvalue weighted by atomic mass is 10.1. The number of aliphatic hydroxyl groups excluding tert-OH is 1. The van der Waals surface area contributed by atoms with E-state index in [1.165, 1.54) is 6.07 Å². The number of aliphatic hydroxyl groups is 1. The van der Waals surface area contributed by atoms with Gasteiger partial charge in [-0.3, -0.25) is 0 Å². The van der Waals surface area contributed by atoms with E-state index < -0.39 is 38.3 Å². The molecule has 0 bridgehead atoms. The molecule has 2 aliphatic heterocycles. The normalized spacial score (nSPS) is 24.1. The molecule has 1 atom stereocenters. The lowest BCUT2D eigenvalue weighted by molar-refractivity contribution is -0.224. The molecule has 0 saturated carbocycles. The van der Waals surface area contributed by atoms with Gasteiger partial charge < -0.3 is 19.3 Å². The summed E-state index contributed by atoms with van der Waals surface area (Å²) in [6.45, 7) is 0.988. The van der Waals surface area contributed by atoms with Crippen molar-refractivity contribution in [2.75, 3.05) is 19.5 Å². The molecule has 6 nitrogen and oxygen atoms in total. The lowest BCUT2D eigenvalue weighted by Crippen LogP contribution is -2.27. The van der Waals surface area contributed by atoms with Gasteiger partial charge in [0.1, 0.15) is 6.10 Å². The van der Waals surface area contributed by atoms with E-state index >= 15 is 0 Å². The van der Waals surface area contributed by atoms with Crippen LogP contribution in [0.25, 0.3) is 0 Å². The molecule has 1 N–H and O–H groups in total. The van der Waals surface area contributed by atoms with E-state index in [2.05, 4.69) is 4.74 Å². The molecule has 1 aromatic carbocycles. The summed E-state index contributed by atoms with van der Waals surface area (Å²) >= 11 is 0. The van der Waals surface area contributed by atoms with E-state index in [0.717, 1.165) is 12.3 Å². The third-order valence-electron chi connectivity index (χ3n) is 3.81. The van der Waals surface area contributed by atoms with Gasteiger partial charge in [0.25, 0.3) is 0 Å². The fourth-order valence-electron chi connectivity index (χ4n) is 2.68. The summed E-state index contributed by atoms with van der Waals surface area (Å²) in [7, 11) is -3.81. The largest absolute Gasteiger partial charge is 0.486 e. The predicted octanol–water partition coefficient (Wildman–Crippen LogP) is 1.67. The first-order valence-electron chi connectivity index (χ1n) is 7.06. The Hall–Kier alpha value is -1.45. The highest BCUT2D eigenvalue weighted by Gasteiger charge is 2.53. The number of hydrogen-bond acceptors (Lipinski definition) is 6. The van der Waals surface area contributed by atoms with Gasteiger partial charge in [0.2, 0.25) is 0 Å². The molecule has 0 radical (unpaired) electrons. The third kappa shape index (κ3) is 3.00. The highest BCUT2D eigenvalue weighted by atomic mass is 32.2. The highest BCUT2D eigenvalue weighted by Crippen LogP contribution is 2.52. The third-order valence-corrected chi connectivity index (χ3v) is 4.97. The molecule has 2 aliphatic rings. The van der Waals surface area contributed by atoms with E-state index in [1.54, 1.807) is 0 Å². The smallest absolute Gasteiger partial charge is 0.429 e. The molecular formula is C14H16F2O6S. The summed E-state index contributed by atoms with van der Waals surface area (Å²) in [5.74, 6) is -0.424. The van der Waals surface area contributed by atoms with Crippen LogP contribution in [0.15, 0.2) is 17.0 Å². The molecule has 0 spiro atoms. The Kier molecular flexibility index (Phi) is 3.97. The summed E-state index contributed by atoms with van der Waals surface area (Å²) < 4.78 is 66.4. The number of ether oxygens (including phenoxy) is 3. The number of alkyl halides is 2. The van der Waals surface area contributed by atoms with Crippen molar-refractivity contribution in [3.05, 3.63) is 17.7 Å². The molecule has 2 heterocycles. The monoisotopic (exact) mass is 350 g/mol. The summed E-state index contributed by atoms with van der Waals surface area (Å²) in [5, 5.41) is 9.77. The van der Waals surface area contributed by atoms with Crippen LogP contribution in [0.3, 0.4) is 0 Å². The molecule has 1 saturated heterocycles. The Balaban J connectivity index is 2.04. The minimum absolute atomic E-state index is 0.00414. The topological polar surface area (TPSA) is 82.1 Å². The predicted molar refractivity (Wildman–Crippen MR) is 74.6 cm³/mol. The van der Waals surface area contributed by atoms with Gasteiger partial charge in [0, 0.05) is 19.1 Å². The maximum absolute atomic E-state index is 13.7. The average Bonchev–Trinajstić information content (AvgIpc) is 2.71. The average molecular weight is 350 g/mol. The summed E-state index contributed by atoms with van der Waals surface area (Å²) in [4.78, 5) is -0.392. The lowest BCUT2D eigenvalue weighted by Gasteiger charge is -2.24. The second-order valence-electron chi connectivity index (χ2n) is 5.57. The molecule has 0 aromatic heterocycles. The standard InChI is InChI=1S/C14H16F2O6S/c1-23(18,19)10-3-2-9(21-8-4-6-20-7-5-8)12-11(10)13(17)14(15,16)22-12/h2-3,8,13,17H,4-7H2,1H3/t13-/m0/s1. The van der Waals surface area contributed by atoms with Crippen molar-refractivity contribution in [3.8, 4) is 11.5 Å². The first-order chi connectivity index (χ1) is 10.7. The molecule has 9 heteroatoms. The molecule has 3 rings (SSSR count). The van der Waals surface area contributed by atoms with Gasteiger partial charge >= 0.3 is 6.11 Å². The van der Waals surface area contributed by atoms with Gasteiger partial charge in [0.05, 0.1) is 23.7 Å². The second kappa shape index (κ2) is 5.57. The number of benzene rings is 1. The van der Waals surface area contributed by atoms with Crippen LogP contribution in [0.5, 0.6) is 11.5 Å². The molecule has 0 aliphatic carbocycles. The van der Waals surface area contributed by atoms with Gasteiger partial charge in [-0.25, -0.2) is 8.42 Å². The molecule has 1 fully saturated rings. The van der Waals surface area contributed by atoms with Crippen LogP contribution in [-0.4, -0.2) is 45.2 Å². The zero-order valence-corrected chi connectivity index (χ0v) is 13.1. The quantitative estimate of drug-likeness (QED) is 0.893. The zero-order chi connectivity index (χ0) is 16.8. The van der Waals surface area contributed by atoms with Gasteiger partial charge in [-0.1, -0.05) is 0 Å². The van der Waals surface area contributed by atoms with E-state index in [9.17, 15) is 22.3 Å². The summed E-state index contributed by atoms with van der Waals surface area (Å²) in [5.41, 5.74) is -0.456. The van der Waals surface area contributed by atoms with Crippen molar-refractivity contribution < 1.29 is 36.5 Å². The molecule has 0 amide bonds. The Labute approximate surface area is 131 Å². The van der Waals surface area contributed by atoms with Gasteiger partial charge in [-0.15, -0.1) is 0 Å². The Morgan fingerprint density at radius 3 is 2.57 bits per heavy atom. The number of fused-ring (bicyclic) bond motifs is 1. The van der Waals surface area contributed by atoms with Crippen molar-refractivity contribution in [3.63, 3.8) is 0 Å². The van der Waals surface area contributed by atoms with E-state index in [-0.39, 0.29) is 11.9 Å². The Bertz CT molecular complexity index is 712. The van der Waals surface area contributed by atoms with Crippen molar-refractivity contribution in [1.82, 2.24) is 0 Å². The maximum atomic E-state index is 13.7. The number of halogens is 2. The number of hydrogen-bond donors (Lipinski definition) is 1. The SMILES string of the molecule is CS(=O)(=O)c1ccc(OC2CCOCC2)c2c1[C@H](O)C(F)(F)O2. The first kappa shape index (κ1) is 16.4. The van der Waals surface area contributed by atoms with Crippen LogP contribution in [0, 0.1) is 0 Å². The Morgan fingerprint density at radius 2 is 1.96 bits per heavy atom. The van der Waals surface area contributed by atoms with Crippen LogP contribution in [0.1, 0.15) is 24.5 Å². The van der Waals surface area contributed by atoms with E-state index in [4.69, 9.17) is 9.47 Å². The number of sulfone groups is 1. The molecular weight excluding hydrogens is 334 g/mol. The van der Waals surface area contributed by atoms with Crippen LogP contribution in [0.4, 0.5) is 8.78 Å². The molecule has 23 heavy (non-hydrogen) atoms. The highest BCUT2D eigenvalue weighted by molar-refractivity contribution is 7.90. The van der Waals surface area contributed by atoms with Crippen LogP contribution in [-0.2, 0) is 14.6 Å². The maximum Gasteiger partial charge on any atom is 0.429 e.